The van der Waals surface area contributed by atoms with Gasteiger partial charge in [0.25, 0.3) is 0 Å². The fourth-order valence-corrected chi connectivity index (χ4v) is 3.10. The quantitative estimate of drug-likeness (QED) is 0.839. The van der Waals surface area contributed by atoms with E-state index in [1.165, 1.54) is 16.6 Å². The summed E-state index contributed by atoms with van der Waals surface area (Å²) in [6, 6.07) is 5.19. The second-order valence-electron chi connectivity index (χ2n) is 4.28. The molecule has 2 nitrogen and oxygen atoms in total. The lowest BCUT2D eigenvalue weighted by atomic mass is 10.1. The van der Waals surface area contributed by atoms with Gasteiger partial charge in [-0.2, -0.15) is 0 Å². The zero-order chi connectivity index (χ0) is 11.8. The Morgan fingerprint density at radius 3 is 3.06 bits per heavy atom. The lowest BCUT2D eigenvalue weighted by molar-refractivity contribution is 0.619. The predicted octanol–water partition coefficient (Wildman–Crippen LogP) is 2.90. The zero-order valence-corrected chi connectivity index (χ0v) is 10.4. The number of rotatable bonds is 1. The summed E-state index contributed by atoms with van der Waals surface area (Å²) in [4.78, 5) is 5.96. The lowest BCUT2D eigenvalue weighted by Crippen LogP contribution is -2.22. The molecule has 4 heteroatoms. The molecule has 0 unspecified atom stereocenters. The molecule has 0 saturated heterocycles. The number of hydrogen-bond acceptors (Lipinski definition) is 3. The first-order valence-electron chi connectivity index (χ1n) is 5.70. The molecule has 0 spiro atoms. The van der Waals surface area contributed by atoms with Gasteiger partial charge in [0.15, 0.2) is 0 Å². The Bertz CT molecular complexity index is 539. The molecule has 1 aliphatic rings. The summed E-state index contributed by atoms with van der Waals surface area (Å²) in [7, 11) is 0. The third-order valence-corrected chi connectivity index (χ3v) is 4.15. The summed E-state index contributed by atoms with van der Waals surface area (Å²) in [5.41, 5.74) is 2.89. The number of halogens is 1. The first kappa shape index (κ1) is 10.9. The molecular formula is C13H13FN2S. The van der Waals surface area contributed by atoms with Crippen molar-refractivity contribution in [3.63, 3.8) is 0 Å². The fraction of sp³-hybridized carbons (Fsp3) is 0.308. The number of nitrogens with zero attached hydrogens (tertiary/aromatic N) is 1. The third kappa shape index (κ3) is 1.98. The van der Waals surface area contributed by atoms with Gasteiger partial charge in [-0.15, -0.1) is 11.3 Å². The van der Waals surface area contributed by atoms with E-state index in [9.17, 15) is 4.39 Å². The van der Waals surface area contributed by atoms with E-state index in [1.54, 1.807) is 24.3 Å². The van der Waals surface area contributed by atoms with Crippen molar-refractivity contribution in [3.8, 4) is 10.6 Å². The molecule has 0 bridgehead atoms. The summed E-state index contributed by atoms with van der Waals surface area (Å²) in [6.45, 7) is 3.69. The maximum absolute atomic E-state index is 13.2. The van der Waals surface area contributed by atoms with E-state index in [0.717, 1.165) is 30.1 Å². The number of benzene rings is 1. The Kier molecular flexibility index (Phi) is 2.68. The van der Waals surface area contributed by atoms with Crippen molar-refractivity contribution in [2.75, 3.05) is 6.54 Å². The summed E-state index contributed by atoms with van der Waals surface area (Å²) in [5, 5.41) is 4.34. The molecule has 2 heterocycles. The highest BCUT2D eigenvalue weighted by atomic mass is 32.1. The first-order chi connectivity index (χ1) is 8.24. The van der Waals surface area contributed by atoms with Crippen LogP contribution in [-0.2, 0) is 13.0 Å². The molecule has 88 valence electrons. The maximum Gasteiger partial charge on any atom is 0.126 e. The van der Waals surface area contributed by atoms with Crippen LogP contribution in [-0.4, -0.2) is 11.5 Å². The number of nitrogens with one attached hydrogen (secondary N) is 1. The first-order valence-corrected chi connectivity index (χ1v) is 6.51. The standard InChI is InChI=1S/C13H13FN2S/c1-8-6-9(2-3-10(8)14)13-16-11-4-5-15-7-12(11)17-13/h2-3,6,15H,4-5,7H2,1H3. The van der Waals surface area contributed by atoms with Gasteiger partial charge >= 0.3 is 0 Å². The molecule has 17 heavy (non-hydrogen) atoms. The van der Waals surface area contributed by atoms with Crippen molar-refractivity contribution in [2.24, 2.45) is 0 Å². The number of hydrogen-bond donors (Lipinski definition) is 1. The van der Waals surface area contributed by atoms with Gasteiger partial charge in [-0.3, -0.25) is 0 Å². The lowest BCUT2D eigenvalue weighted by Gasteiger charge is -2.09. The van der Waals surface area contributed by atoms with Crippen LogP contribution < -0.4 is 5.32 Å². The highest BCUT2D eigenvalue weighted by molar-refractivity contribution is 7.15. The van der Waals surface area contributed by atoms with E-state index in [2.05, 4.69) is 10.3 Å². The number of thiazole rings is 1. The number of fused-ring (bicyclic) bond motifs is 1. The predicted molar refractivity (Wildman–Crippen MR) is 67.7 cm³/mol. The molecular weight excluding hydrogens is 235 g/mol. The van der Waals surface area contributed by atoms with Crippen LogP contribution >= 0.6 is 11.3 Å². The molecule has 1 aliphatic heterocycles. The second-order valence-corrected chi connectivity index (χ2v) is 5.36. The largest absolute Gasteiger partial charge is 0.311 e. The molecule has 1 aromatic carbocycles. The van der Waals surface area contributed by atoms with E-state index in [1.807, 2.05) is 6.07 Å². The number of aryl methyl sites for hydroxylation is 1. The van der Waals surface area contributed by atoms with Gasteiger partial charge in [-0.1, -0.05) is 0 Å². The molecule has 0 fully saturated rings. The van der Waals surface area contributed by atoms with Crippen LogP contribution in [0.3, 0.4) is 0 Å². The van der Waals surface area contributed by atoms with Gasteiger partial charge in [0.1, 0.15) is 10.8 Å². The molecule has 0 amide bonds. The van der Waals surface area contributed by atoms with Gasteiger partial charge in [0.2, 0.25) is 0 Å². The minimum atomic E-state index is -0.156. The topological polar surface area (TPSA) is 24.9 Å². The van der Waals surface area contributed by atoms with Crippen molar-refractivity contribution < 1.29 is 4.39 Å². The maximum atomic E-state index is 13.2. The zero-order valence-electron chi connectivity index (χ0n) is 9.59. The van der Waals surface area contributed by atoms with Crippen LogP contribution in [0.25, 0.3) is 10.6 Å². The van der Waals surface area contributed by atoms with Gasteiger partial charge in [-0.05, 0) is 30.7 Å². The summed E-state index contributed by atoms with van der Waals surface area (Å²) in [5.74, 6) is -0.156. The van der Waals surface area contributed by atoms with E-state index in [4.69, 9.17) is 0 Å². The minimum Gasteiger partial charge on any atom is -0.311 e. The molecule has 2 aromatic rings. The molecule has 0 saturated carbocycles. The van der Waals surface area contributed by atoms with Crippen LogP contribution in [0.1, 0.15) is 16.1 Å². The summed E-state index contributed by atoms with van der Waals surface area (Å²) in [6.07, 6.45) is 0.992. The minimum absolute atomic E-state index is 0.156. The van der Waals surface area contributed by atoms with E-state index >= 15 is 0 Å². The molecule has 0 atom stereocenters. The monoisotopic (exact) mass is 248 g/mol. The van der Waals surface area contributed by atoms with Gasteiger partial charge < -0.3 is 5.32 Å². The Hall–Kier alpha value is -1.26. The van der Waals surface area contributed by atoms with Crippen molar-refractivity contribution >= 4 is 11.3 Å². The fourth-order valence-electron chi connectivity index (χ4n) is 2.03. The Labute approximate surface area is 104 Å². The molecule has 1 N–H and O–H groups in total. The summed E-state index contributed by atoms with van der Waals surface area (Å²) >= 11 is 1.71. The number of aromatic nitrogens is 1. The van der Waals surface area contributed by atoms with Crippen molar-refractivity contribution in [2.45, 2.75) is 19.9 Å². The van der Waals surface area contributed by atoms with Gasteiger partial charge in [0.05, 0.1) is 5.69 Å². The third-order valence-electron chi connectivity index (χ3n) is 3.01. The van der Waals surface area contributed by atoms with Crippen molar-refractivity contribution in [1.82, 2.24) is 10.3 Å². The van der Waals surface area contributed by atoms with Crippen LogP contribution in [0.5, 0.6) is 0 Å². The van der Waals surface area contributed by atoms with E-state index < -0.39 is 0 Å². The average Bonchev–Trinajstić information content (AvgIpc) is 2.76. The van der Waals surface area contributed by atoms with Crippen LogP contribution in [0, 0.1) is 12.7 Å². The summed E-state index contributed by atoms with van der Waals surface area (Å²) < 4.78 is 13.2. The average molecular weight is 248 g/mol. The smallest absolute Gasteiger partial charge is 0.126 e. The normalized spacial score (nSPS) is 14.7. The van der Waals surface area contributed by atoms with Crippen LogP contribution in [0.2, 0.25) is 0 Å². The second kappa shape index (κ2) is 4.20. The molecule has 1 aromatic heterocycles. The van der Waals surface area contributed by atoms with Gasteiger partial charge in [-0.25, -0.2) is 9.37 Å². The van der Waals surface area contributed by atoms with Gasteiger partial charge in [0, 0.05) is 30.0 Å². The van der Waals surface area contributed by atoms with Crippen LogP contribution in [0.4, 0.5) is 4.39 Å². The Morgan fingerprint density at radius 2 is 2.29 bits per heavy atom. The highest BCUT2D eigenvalue weighted by Gasteiger charge is 2.15. The Morgan fingerprint density at radius 1 is 1.41 bits per heavy atom. The van der Waals surface area contributed by atoms with Crippen molar-refractivity contribution in [3.05, 3.63) is 40.2 Å². The highest BCUT2D eigenvalue weighted by Crippen LogP contribution is 2.30. The van der Waals surface area contributed by atoms with E-state index in [-0.39, 0.29) is 5.82 Å². The Balaban J connectivity index is 2.03. The molecule has 3 rings (SSSR count). The van der Waals surface area contributed by atoms with E-state index in [0.29, 0.717) is 5.56 Å². The molecule has 0 aliphatic carbocycles. The van der Waals surface area contributed by atoms with Crippen LogP contribution in [0.15, 0.2) is 18.2 Å². The van der Waals surface area contributed by atoms with Crippen molar-refractivity contribution in [1.29, 1.82) is 0 Å². The molecule has 0 radical (unpaired) electrons. The SMILES string of the molecule is Cc1cc(-c2nc3c(s2)CNCC3)ccc1F.